The summed E-state index contributed by atoms with van der Waals surface area (Å²) in [5.74, 6) is 0. The van der Waals surface area contributed by atoms with Crippen LogP contribution in [0.15, 0.2) is 59.5 Å². The third kappa shape index (κ3) is 4.44. The van der Waals surface area contributed by atoms with E-state index in [9.17, 15) is 9.32 Å². The molecular weight excluding hydrogens is 256 g/mol. The Labute approximate surface area is 118 Å². The van der Waals surface area contributed by atoms with E-state index < -0.39 is 21.7 Å². The fourth-order valence-electron chi connectivity index (χ4n) is 1.74. The van der Waals surface area contributed by atoms with Gasteiger partial charge >= 0.3 is 0 Å². The van der Waals surface area contributed by atoms with Crippen molar-refractivity contribution in [3.8, 4) is 0 Å². The largest absolute Gasteiger partial charge is 0.385 e. The van der Waals surface area contributed by atoms with Crippen LogP contribution in [0.1, 0.15) is 27.2 Å². The number of aliphatic hydroxyl groups is 1. The Balaban J connectivity index is 3.07. The van der Waals surface area contributed by atoms with E-state index in [0.29, 0.717) is 6.42 Å². The average molecular weight is 278 g/mol. The van der Waals surface area contributed by atoms with Gasteiger partial charge in [0.15, 0.2) is 0 Å². The van der Waals surface area contributed by atoms with Gasteiger partial charge in [0.05, 0.1) is 21.7 Å². The third-order valence-electron chi connectivity index (χ3n) is 3.04. The number of rotatable bonds is 6. The first kappa shape index (κ1) is 15.9. The van der Waals surface area contributed by atoms with Crippen molar-refractivity contribution in [1.29, 1.82) is 0 Å². The molecule has 0 saturated heterocycles. The molecule has 0 fully saturated rings. The van der Waals surface area contributed by atoms with Crippen LogP contribution < -0.4 is 0 Å². The van der Waals surface area contributed by atoms with Crippen molar-refractivity contribution in [2.75, 3.05) is 0 Å². The van der Waals surface area contributed by atoms with Crippen molar-refractivity contribution >= 4 is 10.8 Å². The van der Waals surface area contributed by atoms with Gasteiger partial charge in [0, 0.05) is 4.90 Å². The van der Waals surface area contributed by atoms with Crippen molar-refractivity contribution in [2.45, 2.75) is 42.9 Å². The van der Waals surface area contributed by atoms with E-state index in [0.717, 1.165) is 10.5 Å². The Morgan fingerprint density at radius 3 is 2.47 bits per heavy atom. The first-order valence-electron chi connectivity index (χ1n) is 6.33. The summed E-state index contributed by atoms with van der Waals surface area (Å²) in [4.78, 5) is 0.733. The van der Waals surface area contributed by atoms with E-state index in [-0.39, 0.29) is 0 Å². The molecule has 2 nitrogen and oxygen atoms in total. The lowest BCUT2D eigenvalue weighted by Crippen LogP contribution is -2.40. The second-order valence-corrected chi connectivity index (χ2v) is 6.68. The fourth-order valence-corrected chi connectivity index (χ4v) is 3.29. The summed E-state index contributed by atoms with van der Waals surface area (Å²) >= 11 is 0. The van der Waals surface area contributed by atoms with Gasteiger partial charge in [-0.1, -0.05) is 35.9 Å². The molecule has 1 aromatic rings. The van der Waals surface area contributed by atoms with Crippen LogP contribution in [-0.4, -0.2) is 20.2 Å². The molecule has 0 saturated carbocycles. The molecule has 0 heterocycles. The first-order chi connectivity index (χ1) is 8.88. The minimum atomic E-state index is -1.27. The molecule has 1 rings (SSSR count). The van der Waals surface area contributed by atoms with Crippen LogP contribution in [0.2, 0.25) is 0 Å². The lowest BCUT2D eigenvalue weighted by atomic mass is 9.99. The molecular formula is C16H22O2S. The van der Waals surface area contributed by atoms with Crippen LogP contribution in [0.4, 0.5) is 0 Å². The van der Waals surface area contributed by atoms with Crippen molar-refractivity contribution in [1.82, 2.24) is 0 Å². The SMILES string of the molecule is C=CC(C)(O)C(CC=C(C)C)S(=O)c1ccccc1. The van der Waals surface area contributed by atoms with Gasteiger partial charge in [-0.25, -0.2) is 0 Å². The number of allylic oxidation sites excluding steroid dienone is 2. The van der Waals surface area contributed by atoms with Gasteiger partial charge in [-0.3, -0.25) is 4.21 Å². The van der Waals surface area contributed by atoms with E-state index in [1.54, 1.807) is 6.92 Å². The summed E-state index contributed by atoms with van der Waals surface area (Å²) in [5.41, 5.74) is -0.0120. The van der Waals surface area contributed by atoms with Gasteiger partial charge in [0.25, 0.3) is 0 Å². The van der Waals surface area contributed by atoms with Gasteiger partial charge in [0.2, 0.25) is 0 Å². The zero-order valence-corrected chi connectivity index (χ0v) is 12.6. The van der Waals surface area contributed by atoms with E-state index in [4.69, 9.17) is 0 Å². The van der Waals surface area contributed by atoms with Crippen molar-refractivity contribution in [2.24, 2.45) is 0 Å². The standard InChI is InChI=1S/C16H22O2S/c1-5-16(4,17)15(12-11-13(2)3)19(18)14-9-7-6-8-10-14/h5-11,15,17H,1,12H2,2-4H3. The molecule has 3 unspecified atom stereocenters. The number of hydrogen-bond donors (Lipinski definition) is 1. The molecule has 3 heteroatoms. The first-order valence-corrected chi connectivity index (χ1v) is 7.54. The summed E-state index contributed by atoms with van der Waals surface area (Å²) < 4.78 is 12.6. The maximum Gasteiger partial charge on any atom is 0.0946 e. The minimum Gasteiger partial charge on any atom is -0.385 e. The second-order valence-electron chi connectivity index (χ2n) is 5.05. The zero-order valence-electron chi connectivity index (χ0n) is 11.8. The second kappa shape index (κ2) is 6.83. The van der Waals surface area contributed by atoms with E-state index in [1.807, 2.05) is 50.3 Å². The summed E-state index contributed by atoms with van der Waals surface area (Å²) in [7, 11) is -1.27. The molecule has 3 atom stereocenters. The maximum absolute atomic E-state index is 12.6. The minimum absolute atomic E-state index is 0.401. The van der Waals surface area contributed by atoms with E-state index >= 15 is 0 Å². The Hall–Kier alpha value is -1.19. The average Bonchev–Trinajstić information content (AvgIpc) is 2.39. The lowest BCUT2D eigenvalue weighted by molar-refractivity contribution is 0.108. The van der Waals surface area contributed by atoms with Crippen molar-refractivity contribution < 1.29 is 9.32 Å². The Kier molecular flexibility index (Phi) is 5.70. The highest BCUT2D eigenvalue weighted by molar-refractivity contribution is 7.85. The summed E-state index contributed by atoms with van der Waals surface area (Å²) in [6.45, 7) is 9.29. The molecule has 0 spiro atoms. The van der Waals surface area contributed by atoms with Crippen LogP contribution in [0.5, 0.6) is 0 Å². The smallest absolute Gasteiger partial charge is 0.0946 e. The van der Waals surface area contributed by atoms with Crippen molar-refractivity contribution in [3.63, 3.8) is 0 Å². The predicted octanol–water partition coefficient (Wildman–Crippen LogP) is 3.46. The van der Waals surface area contributed by atoms with Crippen molar-refractivity contribution in [3.05, 3.63) is 54.6 Å². The summed E-state index contributed by atoms with van der Waals surface area (Å²) in [5, 5.41) is 9.99. The molecule has 104 valence electrons. The fraction of sp³-hybridized carbons (Fsp3) is 0.375. The topological polar surface area (TPSA) is 37.3 Å². The Morgan fingerprint density at radius 1 is 1.42 bits per heavy atom. The molecule has 0 radical (unpaired) electrons. The van der Waals surface area contributed by atoms with Crippen LogP contribution in [0, 0.1) is 0 Å². The molecule has 0 aliphatic carbocycles. The summed E-state index contributed by atoms with van der Waals surface area (Å²) in [6.07, 6.45) is 4.03. The lowest BCUT2D eigenvalue weighted by Gasteiger charge is -2.28. The Bertz CT molecular complexity index is 471. The van der Waals surface area contributed by atoms with Gasteiger partial charge in [-0.2, -0.15) is 0 Å². The highest BCUT2D eigenvalue weighted by Crippen LogP contribution is 2.25. The molecule has 0 aliphatic heterocycles. The van der Waals surface area contributed by atoms with Crippen LogP contribution >= 0.6 is 0 Å². The number of benzene rings is 1. The van der Waals surface area contributed by atoms with Gasteiger partial charge in [0.1, 0.15) is 0 Å². The summed E-state index contributed by atoms with van der Waals surface area (Å²) in [6, 6.07) is 9.24. The van der Waals surface area contributed by atoms with Crippen LogP contribution in [0.25, 0.3) is 0 Å². The molecule has 0 aliphatic rings. The third-order valence-corrected chi connectivity index (χ3v) is 4.96. The zero-order chi connectivity index (χ0) is 14.5. The predicted molar refractivity (Wildman–Crippen MR) is 81.5 cm³/mol. The van der Waals surface area contributed by atoms with Gasteiger partial charge in [-0.15, -0.1) is 6.58 Å². The highest BCUT2D eigenvalue weighted by Gasteiger charge is 2.33. The highest BCUT2D eigenvalue weighted by atomic mass is 32.2. The molecule has 1 N–H and O–H groups in total. The maximum atomic E-state index is 12.6. The molecule has 0 aromatic heterocycles. The van der Waals surface area contributed by atoms with Crippen LogP contribution in [0.3, 0.4) is 0 Å². The molecule has 0 bridgehead atoms. The molecule has 0 amide bonds. The molecule has 19 heavy (non-hydrogen) atoms. The Morgan fingerprint density at radius 2 is 2.00 bits per heavy atom. The van der Waals surface area contributed by atoms with Gasteiger partial charge in [-0.05, 0) is 39.3 Å². The monoisotopic (exact) mass is 278 g/mol. The molecule has 1 aromatic carbocycles. The van der Waals surface area contributed by atoms with Crippen LogP contribution in [-0.2, 0) is 10.8 Å². The quantitative estimate of drug-likeness (QED) is 0.809. The van der Waals surface area contributed by atoms with E-state index in [1.165, 1.54) is 6.08 Å². The number of hydrogen-bond acceptors (Lipinski definition) is 2. The van der Waals surface area contributed by atoms with Gasteiger partial charge < -0.3 is 5.11 Å². The van der Waals surface area contributed by atoms with E-state index in [2.05, 4.69) is 6.58 Å². The normalized spacial score (nSPS) is 17.1.